The summed E-state index contributed by atoms with van der Waals surface area (Å²) in [4.78, 5) is 17.1. The first-order valence-electron chi connectivity index (χ1n) is 8.70. The highest BCUT2D eigenvalue weighted by Crippen LogP contribution is 2.19. The molecule has 3 rings (SSSR count). The molecule has 0 aliphatic rings. The van der Waals surface area contributed by atoms with Crippen molar-refractivity contribution in [2.24, 2.45) is 7.05 Å². The average molecular weight is 372 g/mol. The molecule has 0 spiro atoms. The van der Waals surface area contributed by atoms with Crippen LogP contribution in [0.5, 0.6) is 0 Å². The van der Waals surface area contributed by atoms with E-state index in [2.05, 4.69) is 22.3 Å². The van der Waals surface area contributed by atoms with E-state index in [-0.39, 0.29) is 5.91 Å². The van der Waals surface area contributed by atoms with E-state index in [4.69, 9.17) is 0 Å². The number of aromatic nitrogens is 4. The lowest BCUT2D eigenvalue weighted by Gasteiger charge is -2.10. The lowest BCUT2D eigenvalue weighted by molar-refractivity contribution is -0.121. The van der Waals surface area contributed by atoms with E-state index < -0.39 is 0 Å². The maximum Gasteiger partial charge on any atom is 0.240 e. The third-order valence-corrected chi connectivity index (χ3v) is 5.21. The fourth-order valence-corrected chi connectivity index (χ4v) is 3.73. The van der Waals surface area contributed by atoms with Crippen molar-refractivity contribution in [2.75, 3.05) is 12.8 Å². The monoisotopic (exact) mass is 371 g/mol. The number of nitrogens with zero attached hydrogens (tertiary/aromatic N) is 4. The highest BCUT2D eigenvalue weighted by atomic mass is 32.2. The smallest absolute Gasteiger partial charge is 0.240 e. The number of rotatable bonds is 7. The van der Waals surface area contributed by atoms with Gasteiger partial charge in [0.05, 0.1) is 22.5 Å². The van der Waals surface area contributed by atoms with E-state index in [1.807, 2.05) is 53.7 Å². The van der Waals surface area contributed by atoms with E-state index in [0.717, 1.165) is 40.4 Å². The molecule has 1 aromatic carbocycles. The van der Waals surface area contributed by atoms with Gasteiger partial charge in [0.2, 0.25) is 5.91 Å². The van der Waals surface area contributed by atoms with E-state index in [1.54, 1.807) is 11.8 Å². The summed E-state index contributed by atoms with van der Waals surface area (Å²) in [7, 11) is 1.95. The zero-order chi connectivity index (χ0) is 18.7. The Labute approximate surface area is 158 Å². The molecule has 2 heterocycles. The second kappa shape index (κ2) is 7.95. The molecule has 0 atom stereocenters. The predicted molar refractivity (Wildman–Crippen MR) is 106 cm³/mol. The number of carbonyl (C=O) groups excluding carboxylic acids is 1. The minimum Gasteiger partial charge on any atom is -0.354 e. The Morgan fingerprint density at radius 1 is 1.27 bits per heavy atom. The summed E-state index contributed by atoms with van der Waals surface area (Å²) >= 11 is 1.71. The highest BCUT2D eigenvalue weighted by Gasteiger charge is 2.14. The number of amides is 1. The summed E-state index contributed by atoms with van der Waals surface area (Å²) in [5, 5.41) is 7.46. The van der Waals surface area contributed by atoms with Gasteiger partial charge in [-0.25, -0.2) is 4.98 Å². The van der Waals surface area contributed by atoms with Crippen molar-refractivity contribution in [3.8, 4) is 0 Å². The maximum atomic E-state index is 12.5. The van der Waals surface area contributed by atoms with E-state index in [1.165, 1.54) is 5.56 Å². The van der Waals surface area contributed by atoms with Gasteiger partial charge in [0.25, 0.3) is 0 Å². The lowest BCUT2D eigenvalue weighted by atomic mass is 10.1. The summed E-state index contributed by atoms with van der Waals surface area (Å²) in [6, 6.07) is 7.96. The van der Waals surface area contributed by atoms with Gasteiger partial charge >= 0.3 is 0 Å². The average Bonchev–Trinajstić information content (AvgIpc) is 3.07. The fraction of sp³-hybridized carbons (Fsp3) is 0.421. The quantitative estimate of drug-likeness (QED) is 0.693. The number of aryl methyl sites for hydroxylation is 2. The Morgan fingerprint density at radius 2 is 2.04 bits per heavy atom. The number of thioether (sulfide) groups is 1. The molecule has 0 saturated carbocycles. The minimum absolute atomic E-state index is 0.00898. The van der Waals surface area contributed by atoms with Crippen molar-refractivity contribution in [1.82, 2.24) is 24.6 Å². The van der Waals surface area contributed by atoms with Crippen molar-refractivity contribution in [3.05, 3.63) is 47.0 Å². The molecule has 26 heavy (non-hydrogen) atoms. The van der Waals surface area contributed by atoms with E-state index in [0.29, 0.717) is 13.1 Å². The molecule has 3 aromatic rings. The molecule has 6 nitrogen and oxygen atoms in total. The molecular formula is C19H25N5OS. The van der Waals surface area contributed by atoms with Gasteiger partial charge in [0, 0.05) is 19.3 Å². The molecule has 0 aliphatic carbocycles. The molecule has 0 radical (unpaired) electrons. The number of hydrogen-bond acceptors (Lipinski definition) is 4. The largest absolute Gasteiger partial charge is 0.354 e. The van der Waals surface area contributed by atoms with Crippen LogP contribution in [0, 0.1) is 13.8 Å². The number of para-hydroxylation sites is 2. The van der Waals surface area contributed by atoms with Gasteiger partial charge in [-0.3, -0.25) is 9.48 Å². The minimum atomic E-state index is 0.00898. The van der Waals surface area contributed by atoms with Gasteiger partial charge in [0.1, 0.15) is 12.4 Å². The molecule has 1 amide bonds. The molecule has 2 aromatic heterocycles. The van der Waals surface area contributed by atoms with Gasteiger partial charge < -0.3 is 9.88 Å². The Kier molecular flexibility index (Phi) is 5.66. The molecule has 0 fully saturated rings. The van der Waals surface area contributed by atoms with Crippen LogP contribution < -0.4 is 5.32 Å². The SMILES string of the molecule is CSCc1nc2ccccc2n1CC(=O)NCCc1c(C)nn(C)c1C. The first kappa shape index (κ1) is 18.5. The zero-order valence-electron chi connectivity index (χ0n) is 15.7. The second-order valence-corrected chi connectivity index (χ2v) is 7.27. The van der Waals surface area contributed by atoms with Gasteiger partial charge in [0.15, 0.2) is 0 Å². The van der Waals surface area contributed by atoms with Gasteiger partial charge in [-0.15, -0.1) is 0 Å². The second-order valence-electron chi connectivity index (χ2n) is 6.41. The number of nitrogens with one attached hydrogen (secondary N) is 1. The Balaban J connectivity index is 1.66. The van der Waals surface area contributed by atoms with Crippen LogP contribution >= 0.6 is 11.8 Å². The van der Waals surface area contributed by atoms with Gasteiger partial charge in [-0.2, -0.15) is 16.9 Å². The molecule has 1 N–H and O–H groups in total. The number of fused-ring (bicyclic) bond motifs is 1. The Morgan fingerprint density at radius 3 is 2.73 bits per heavy atom. The molecular weight excluding hydrogens is 346 g/mol. The van der Waals surface area contributed by atoms with Crippen LogP contribution in [0.2, 0.25) is 0 Å². The molecule has 0 aliphatic heterocycles. The van der Waals surface area contributed by atoms with Crippen molar-refractivity contribution in [2.45, 2.75) is 32.6 Å². The molecule has 0 bridgehead atoms. The number of benzene rings is 1. The highest BCUT2D eigenvalue weighted by molar-refractivity contribution is 7.97. The van der Waals surface area contributed by atoms with Crippen LogP contribution in [-0.4, -0.2) is 38.0 Å². The van der Waals surface area contributed by atoms with Crippen LogP contribution in [-0.2, 0) is 30.6 Å². The van der Waals surface area contributed by atoms with E-state index in [9.17, 15) is 4.79 Å². The van der Waals surface area contributed by atoms with Crippen LogP contribution in [0.25, 0.3) is 11.0 Å². The summed E-state index contributed by atoms with van der Waals surface area (Å²) in [6.45, 7) is 4.97. The van der Waals surface area contributed by atoms with Crippen molar-refractivity contribution >= 4 is 28.7 Å². The maximum absolute atomic E-state index is 12.5. The molecule has 0 unspecified atom stereocenters. The number of carbonyl (C=O) groups is 1. The molecule has 7 heteroatoms. The van der Waals surface area contributed by atoms with Crippen LogP contribution in [0.15, 0.2) is 24.3 Å². The normalized spacial score (nSPS) is 11.2. The zero-order valence-corrected chi connectivity index (χ0v) is 16.6. The standard InChI is InChI=1S/C19H25N5OS/c1-13-15(14(2)23(3)22-13)9-10-20-19(25)11-24-17-8-6-5-7-16(17)21-18(24)12-26-4/h5-8H,9-12H2,1-4H3,(H,20,25). The Hall–Kier alpha value is -2.28. The van der Waals surface area contributed by atoms with E-state index >= 15 is 0 Å². The van der Waals surface area contributed by atoms with Crippen LogP contribution in [0.4, 0.5) is 0 Å². The lowest BCUT2D eigenvalue weighted by Crippen LogP contribution is -2.30. The number of imidazole rings is 1. The fourth-order valence-electron chi connectivity index (χ4n) is 3.25. The van der Waals surface area contributed by atoms with Crippen molar-refractivity contribution < 1.29 is 4.79 Å². The summed E-state index contributed by atoms with van der Waals surface area (Å²) in [6.07, 6.45) is 2.84. The van der Waals surface area contributed by atoms with Crippen molar-refractivity contribution in [3.63, 3.8) is 0 Å². The summed E-state index contributed by atoms with van der Waals surface area (Å²) in [5.74, 6) is 1.73. The van der Waals surface area contributed by atoms with Gasteiger partial charge in [-0.1, -0.05) is 12.1 Å². The summed E-state index contributed by atoms with van der Waals surface area (Å²) in [5.41, 5.74) is 5.34. The van der Waals surface area contributed by atoms with Crippen LogP contribution in [0.1, 0.15) is 22.8 Å². The topological polar surface area (TPSA) is 64.7 Å². The van der Waals surface area contributed by atoms with Crippen molar-refractivity contribution in [1.29, 1.82) is 0 Å². The predicted octanol–water partition coefficient (Wildman–Crippen LogP) is 2.61. The third-order valence-electron chi connectivity index (χ3n) is 4.66. The first-order valence-corrected chi connectivity index (χ1v) is 10.1. The number of hydrogen-bond donors (Lipinski definition) is 1. The van der Waals surface area contributed by atoms with Crippen LogP contribution in [0.3, 0.4) is 0 Å². The van der Waals surface area contributed by atoms with Gasteiger partial charge in [-0.05, 0) is 44.2 Å². The molecule has 0 saturated heterocycles. The molecule has 138 valence electrons. The third kappa shape index (κ3) is 3.77. The first-order chi connectivity index (χ1) is 12.5. The Bertz CT molecular complexity index is 928. The summed E-state index contributed by atoms with van der Waals surface area (Å²) < 4.78 is 3.90.